The number of halogens is 1. The first-order valence-electron chi connectivity index (χ1n) is 9.66. The number of likely N-dealkylation sites (tertiary alicyclic amines) is 1. The first-order chi connectivity index (χ1) is 13.5. The van der Waals surface area contributed by atoms with Crippen LogP contribution in [0.3, 0.4) is 0 Å². The van der Waals surface area contributed by atoms with Crippen molar-refractivity contribution < 1.29 is 14.0 Å². The molecule has 1 aromatic heterocycles. The molecule has 0 aliphatic carbocycles. The van der Waals surface area contributed by atoms with Gasteiger partial charge < -0.3 is 9.80 Å². The Morgan fingerprint density at radius 3 is 2.86 bits per heavy atom. The van der Waals surface area contributed by atoms with Crippen molar-refractivity contribution >= 4 is 11.8 Å². The molecular formula is C21H23FN4O2. The van der Waals surface area contributed by atoms with Crippen LogP contribution < -0.4 is 0 Å². The van der Waals surface area contributed by atoms with Gasteiger partial charge in [-0.05, 0) is 24.5 Å². The van der Waals surface area contributed by atoms with Gasteiger partial charge >= 0.3 is 0 Å². The van der Waals surface area contributed by atoms with Crippen LogP contribution in [0.2, 0.25) is 0 Å². The quantitative estimate of drug-likeness (QED) is 0.818. The van der Waals surface area contributed by atoms with Crippen molar-refractivity contribution in [1.29, 1.82) is 0 Å². The maximum atomic E-state index is 13.9. The molecular weight excluding hydrogens is 359 g/mol. The molecule has 0 unspecified atom stereocenters. The number of nitrogens with zero attached hydrogens (tertiary/aromatic N) is 4. The summed E-state index contributed by atoms with van der Waals surface area (Å²) in [6, 6.07) is 6.21. The van der Waals surface area contributed by atoms with Crippen LogP contribution >= 0.6 is 0 Å². The summed E-state index contributed by atoms with van der Waals surface area (Å²) < 4.78 is 13.9. The largest absolute Gasteiger partial charge is 0.338 e. The maximum Gasteiger partial charge on any atom is 0.227 e. The fraction of sp³-hybridized carbons (Fsp3) is 0.429. The van der Waals surface area contributed by atoms with E-state index in [0.29, 0.717) is 37.4 Å². The zero-order chi connectivity index (χ0) is 19.7. The minimum atomic E-state index is -0.355. The minimum absolute atomic E-state index is 0.0433. The van der Waals surface area contributed by atoms with Crippen LogP contribution in [0, 0.1) is 5.82 Å². The summed E-state index contributed by atoms with van der Waals surface area (Å²) >= 11 is 0. The predicted molar refractivity (Wildman–Crippen MR) is 101 cm³/mol. The predicted octanol–water partition coefficient (Wildman–Crippen LogP) is 2.43. The lowest BCUT2D eigenvalue weighted by molar-refractivity contribution is -0.132. The molecule has 0 saturated carbocycles. The molecule has 7 heteroatoms. The summed E-state index contributed by atoms with van der Waals surface area (Å²) in [6.07, 6.45) is 4.21. The second-order valence-corrected chi connectivity index (χ2v) is 7.40. The van der Waals surface area contributed by atoms with Crippen LogP contribution in [0.4, 0.5) is 4.39 Å². The Morgan fingerprint density at radius 1 is 1.25 bits per heavy atom. The topological polar surface area (TPSA) is 66.4 Å². The highest BCUT2D eigenvalue weighted by Gasteiger charge is 2.33. The lowest BCUT2D eigenvalue weighted by Crippen LogP contribution is -2.36. The third kappa shape index (κ3) is 3.61. The van der Waals surface area contributed by atoms with Gasteiger partial charge in [-0.1, -0.05) is 18.2 Å². The smallest absolute Gasteiger partial charge is 0.227 e. The summed E-state index contributed by atoms with van der Waals surface area (Å²) in [4.78, 5) is 37.2. The molecule has 3 heterocycles. The molecule has 1 aromatic carbocycles. The SMILES string of the molecule is CC(=O)N1CCc2nc([C@@H]3CCCN3C(=O)Cc3ccccc3F)ncc2C1. The zero-order valence-electron chi connectivity index (χ0n) is 15.9. The molecule has 146 valence electrons. The number of rotatable bonds is 3. The fourth-order valence-electron chi connectivity index (χ4n) is 4.00. The first kappa shape index (κ1) is 18.5. The van der Waals surface area contributed by atoms with Gasteiger partial charge in [0.1, 0.15) is 5.82 Å². The molecule has 0 N–H and O–H groups in total. The highest BCUT2D eigenvalue weighted by Crippen LogP contribution is 2.31. The lowest BCUT2D eigenvalue weighted by atomic mass is 10.1. The Kier molecular flexibility index (Phi) is 5.07. The van der Waals surface area contributed by atoms with Crippen LogP contribution in [0.1, 0.15) is 48.5 Å². The Balaban J connectivity index is 1.51. The van der Waals surface area contributed by atoms with E-state index >= 15 is 0 Å². The van der Waals surface area contributed by atoms with Crippen molar-refractivity contribution in [3.63, 3.8) is 0 Å². The number of aromatic nitrogens is 2. The molecule has 6 nitrogen and oxygen atoms in total. The van der Waals surface area contributed by atoms with Crippen molar-refractivity contribution in [3.8, 4) is 0 Å². The Hall–Kier alpha value is -2.83. The van der Waals surface area contributed by atoms with E-state index in [1.807, 2.05) is 0 Å². The molecule has 1 fully saturated rings. The highest BCUT2D eigenvalue weighted by atomic mass is 19.1. The standard InChI is InChI=1S/C21H23FN4O2/c1-14(27)25-10-8-18-16(13-25)12-23-21(24-18)19-7-4-9-26(19)20(28)11-15-5-2-3-6-17(15)22/h2-3,5-6,12,19H,4,7-11,13H2,1H3/t19-/m0/s1. The molecule has 4 rings (SSSR count). The van der Waals surface area contributed by atoms with E-state index < -0.39 is 0 Å². The fourth-order valence-corrected chi connectivity index (χ4v) is 4.00. The second-order valence-electron chi connectivity index (χ2n) is 7.40. The van der Waals surface area contributed by atoms with E-state index in [1.165, 1.54) is 6.07 Å². The van der Waals surface area contributed by atoms with Gasteiger partial charge in [-0.3, -0.25) is 9.59 Å². The van der Waals surface area contributed by atoms with Crippen molar-refractivity contribution in [1.82, 2.24) is 19.8 Å². The number of hydrogen-bond donors (Lipinski definition) is 0. The molecule has 2 aliphatic rings. The van der Waals surface area contributed by atoms with Crippen molar-refractivity contribution in [2.24, 2.45) is 0 Å². The van der Waals surface area contributed by atoms with Crippen molar-refractivity contribution in [2.45, 2.75) is 45.2 Å². The number of carbonyl (C=O) groups excluding carboxylic acids is 2. The average molecular weight is 382 g/mol. The maximum absolute atomic E-state index is 13.9. The van der Waals surface area contributed by atoms with E-state index in [4.69, 9.17) is 4.98 Å². The Labute approximate surface area is 163 Å². The lowest BCUT2D eigenvalue weighted by Gasteiger charge is -2.28. The third-order valence-corrected chi connectivity index (χ3v) is 5.57. The van der Waals surface area contributed by atoms with E-state index in [9.17, 15) is 14.0 Å². The van der Waals surface area contributed by atoms with Crippen LogP contribution in [0.5, 0.6) is 0 Å². The molecule has 1 saturated heterocycles. The van der Waals surface area contributed by atoms with Gasteiger partial charge in [0.25, 0.3) is 0 Å². The van der Waals surface area contributed by atoms with Crippen molar-refractivity contribution in [3.05, 3.63) is 58.9 Å². The molecule has 1 atom stereocenters. The molecule has 2 amide bonds. The van der Waals surface area contributed by atoms with Gasteiger partial charge in [0.05, 0.1) is 18.2 Å². The number of amides is 2. The van der Waals surface area contributed by atoms with Gasteiger partial charge in [0.15, 0.2) is 5.82 Å². The third-order valence-electron chi connectivity index (χ3n) is 5.57. The van der Waals surface area contributed by atoms with Crippen LogP contribution in [-0.4, -0.2) is 44.7 Å². The average Bonchev–Trinajstić information content (AvgIpc) is 3.19. The van der Waals surface area contributed by atoms with Crippen LogP contribution in [0.15, 0.2) is 30.5 Å². The monoisotopic (exact) mass is 382 g/mol. The van der Waals surface area contributed by atoms with E-state index in [-0.39, 0.29) is 30.1 Å². The molecule has 0 bridgehead atoms. The molecule has 2 aliphatic heterocycles. The molecule has 0 radical (unpaired) electrons. The summed E-state index contributed by atoms with van der Waals surface area (Å²) in [5, 5.41) is 0. The molecule has 0 spiro atoms. The van der Waals surface area contributed by atoms with E-state index in [0.717, 1.165) is 24.1 Å². The van der Waals surface area contributed by atoms with Crippen LogP contribution in [0.25, 0.3) is 0 Å². The van der Waals surface area contributed by atoms with E-state index in [1.54, 1.807) is 41.1 Å². The minimum Gasteiger partial charge on any atom is -0.338 e. The van der Waals surface area contributed by atoms with Gasteiger partial charge in [-0.25, -0.2) is 14.4 Å². The number of carbonyl (C=O) groups is 2. The molecule has 2 aromatic rings. The number of benzene rings is 1. The van der Waals surface area contributed by atoms with Crippen LogP contribution in [-0.2, 0) is 29.0 Å². The molecule has 28 heavy (non-hydrogen) atoms. The Morgan fingerprint density at radius 2 is 2.07 bits per heavy atom. The van der Waals surface area contributed by atoms with Crippen molar-refractivity contribution in [2.75, 3.05) is 13.1 Å². The first-order valence-corrected chi connectivity index (χ1v) is 9.66. The van der Waals surface area contributed by atoms with Gasteiger partial charge in [-0.15, -0.1) is 0 Å². The highest BCUT2D eigenvalue weighted by molar-refractivity contribution is 5.79. The van der Waals surface area contributed by atoms with Gasteiger partial charge in [0.2, 0.25) is 11.8 Å². The Bertz CT molecular complexity index is 917. The van der Waals surface area contributed by atoms with Gasteiger partial charge in [0, 0.05) is 44.7 Å². The second kappa shape index (κ2) is 7.66. The number of fused-ring (bicyclic) bond motifs is 1. The normalized spacial score (nSPS) is 18.9. The summed E-state index contributed by atoms with van der Waals surface area (Å²) in [7, 11) is 0. The van der Waals surface area contributed by atoms with E-state index in [2.05, 4.69) is 4.98 Å². The summed E-state index contributed by atoms with van der Waals surface area (Å²) in [6.45, 7) is 3.39. The zero-order valence-corrected chi connectivity index (χ0v) is 15.9. The summed E-state index contributed by atoms with van der Waals surface area (Å²) in [5.41, 5.74) is 2.33. The van der Waals surface area contributed by atoms with Gasteiger partial charge in [-0.2, -0.15) is 0 Å². The number of hydrogen-bond acceptors (Lipinski definition) is 4. The summed E-state index contributed by atoms with van der Waals surface area (Å²) in [5.74, 6) is 0.244.